The van der Waals surface area contributed by atoms with Gasteiger partial charge in [-0.1, -0.05) is 6.92 Å². The molecule has 0 saturated carbocycles. The van der Waals surface area contributed by atoms with Crippen LogP contribution < -0.4 is 5.32 Å². The SMILES string of the molecule is CCCOCCCNc1ccc(C(=O)O)cc1C. The van der Waals surface area contributed by atoms with Gasteiger partial charge in [0.15, 0.2) is 0 Å². The first kappa shape index (κ1) is 14.5. The summed E-state index contributed by atoms with van der Waals surface area (Å²) in [5.41, 5.74) is 2.25. The Bertz CT molecular complexity index is 391. The molecule has 18 heavy (non-hydrogen) atoms. The number of carbonyl (C=O) groups is 1. The Morgan fingerprint density at radius 1 is 1.39 bits per heavy atom. The summed E-state index contributed by atoms with van der Waals surface area (Å²) in [7, 11) is 0. The Kier molecular flexibility index (Phi) is 6.22. The molecule has 2 N–H and O–H groups in total. The molecule has 4 nitrogen and oxygen atoms in total. The Morgan fingerprint density at radius 3 is 2.78 bits per heavy atom. The van der Waals surface area contributed by atoms with Crippen LogP contribution in [-0.4, -0.2) is 30.8 Å². The number of carboxylic acid groups (broad SMARTS) is 1. The minimum atomic E-state index is -0.891. The first-order valence-corrected chi connectivity index (χ1v) is 6.30. The molecule has 0 unspecified atom stereocenters. The van der Waals surface area contributed by atoms with E-state index in [4.69, 9.17) is 9.84 Å². The highest BCUT2D eigenvalue weighted by molar-refractivity contribution is 5.88. The predicted octanol–water partition coefficient (Wildman–Crippen LogP) is 2.92. The fraction of sp³-hybridized carbons (Fsp3) is 0.500. The van der Waals surface area contributed by atoms with E-state index in [9.17, 15) is 4.79 Å². The van der Waals surface area contributed by atoms with E-state index in [1.807, 2.05) is 13.0 Å². The average molecular weight is 251 g/mol. The molecule has 0 fully saturated rings. The highest BCUT2D eigenvalue weighted by Gasteiger charge is 2.04. The Morgan fingerprint density at radius 2 is 2.17 bits per heavy atom. The normalized spacial score (nSPS) is 10.3. The highest BCUT2D eigenvalue weighted by atomic mass is 16.5. The summed E-state index contributed by atoms with van der Waals surface area (Å²) in [5, 5.41) is 12.1. The molecule has 0 heterocycles. The lowest BCUT2D eigenvalue weighted by atomic mass is 10.1. The molecule has 1 aromatic carbocycles. The second kappa shape index (κ2) is 7.71. The summed E-state index contributed by atoms with van der Waals surface area (Å²) in [5.74, 6) is -0.891. The summed E-state index contributed by atoms with van der Waals surface area (Å²) in [4.78, 5) is 10.8. The number of anilines is 1. The van der Waals surface area contributed by atoms with Crippen molar-refractivity contribution in [3.05, 3.63) is 29.3 Å². The van der Waals surface area contributed by atoms with E-state index < -0.39 is 5.97 Å². The maximum Gasteiger partial charge on any atom is 0.335 e. The first-order chi connectivity index (χ1) is 8.65. The zero-order chi connectivity index (χ0) is 13.4. The van der Waals surface area contributed by atoms with Crippen molar-refractivity contribution in [2.45, 2.75) is 26.7 Å². The van der Waals surface area contributed by atoms with Gasteiger partial charge in [0.2, 0.25) is 0 Å². The molecule has 100 valence electrons. The molecule has 1 aromatic rings. The zero-order valence-corrected chi connectivity index (χ0v) is 11.0. The second-order valence-corrected chi connectivity index (χ2v) is 4.23. The van der Waals surface area contributed by atoms with E-state index >= 15 is 0 Å². The quantitative estimate of drug-likeness (QED) is 0.697. The number of aromatic carboxylic acids is 1. The van der Waals surface area contributed by atoms with Gasteiger partial charge in [0.05, 0.1) is 5.56 Å². The number of carboxylic acids is 1. The van der Waals surface area contributed by atoms with Crippen LogP contribution in [0.25, 0.3) is 0 Å². The minimum absolute atomic E-state index is 0.323. The molecule has 0 saturated heterocycles. The van der Waals surface area contributed by atoms with Crippen molar-refractivity contribution in [1.82, 2.24) is 0 Å². The lowest BCUT2D eigenvalue weighted by Gasteiger charge is -2.10. The van der Waals surface area contributed by atoms with Crippen LogP contribution in [0.15, 0.2) is 18.2 Å². The van der Waals surface area contributed by atoms with Crippen LogP contribution in [0, 0.1) is 6.92 Å². The van der Waals surface area contributed by atoms with Gasteiger partial charge in [0.25, 0.3) is 0 Å². The standard InChI is InChI=1S/C14H21NO3/c1-3-8-18-9-4-7-15-13-6-5-12(14(16)17)10-11(13)2/h5-6,10,15H,3-4,7-9H2,1-2H3,(H,16,17). The molecule has 0 radical (unpaired) electrons. The van der Waals surface area contributed by atoms with Crippen molar-refractivity contribution < 1.29 is 14.6 Å². The Hall–Kier alpha value is -1.55. The third kappa shape index (κ3) is 4.75. The van der Waals surface area contributed by atoms with Gasteiger partial charge in [-0.3, -0.25) is 0 Å². The molecule has 0 atom stereocenters. The molecule has 4 heteroatoms. The Balaban J connectivity index is 2.36. The van der Waals surface area contributed by atoms with E-state index in [0.717, 1.165) is 43.9 Å². The minimum Gasteiger partial charge on any atom is -0.478 e. The van der Waals surface area contributed by atoms with Crippen LogP contribution in [0.3, 0.4) is 0 Å². The third-order valence-corrected chi connectivity index (χ3v) is 2.60. The van der Waals surface area contributed by atoms with Gasteiger partial charge in [0.1, 0.15) is 0 Å². The summed E-state index contributed by atoms with van der Waals surface area (Å²) < 4.78 is 5.38. The van der Waals surface area contributed by atoms with Crippen LogP contribution in [0.1, 0.15) is 35.7 Å². The van der Waals surface area contributed by atoms with E-state index in [1.54, 1.807) is 12.1 Å². The van der Waals surface area contributed by atoms with E-state index in [1.165, 1.54) is 0 Å². The van der Waals surface area contributed by atoms with Crippen molar-refractivity contribution >= 4 is 11.7 Å². The fourth-order valence-electron chi connectivity index (χ4n) is 1.64. The maximum atomic E-state index is 10.8. The smallest absolute Gasteiger partial charge is 0.335 e. The molecule has 1 rings (SSSR count). The Labute approximate surface area is 108 Å². The lowest BCUT2D eigenvalue weighted by molar-refractivity contribution is 0.0697. The molecule has 0 amide bonds. The van der Waals surface area contributed by atoms with Crippen LogP contribution in [0.4, 0.5) is 5.69 Å². The van der Waals surface area contributed by atoms with Crippen molar-refractivity contribution in [3.8, 4) is 0 Å². The monoisotopic (exact) mass is 251 g/mol. The van der Waals surface area contributed by atoms with Crippen molar-refractivity contribution in [1.29, 1.82) is 0 Å². The van der Waals surface area contributed by atoms with Gasteiger partial charge in [-0.25, -0.2) is 4.79 Å². The van der Waals surface area contributed by atoms with Crippen LogP contribution in [-0.2, 0) is 4.74 Å². The van der Waals surface area contributed by atoms with Crippen molar-refractivity contribution in [3.63, 3.8) is 0 Å². The van der Waals surface area contributed by atoms with E-state index in [-0.39, 0.29) is 0 Å². The van der Waals surface area contributed by atoms with Gasteiger partial charge in [-0.15, -0.1) is 0 Å². The van der Waals surface area contributed by atoms with Crippen LogP contribution in [0.5, 0.6) is 0 Å². The number of ether oxygens (including phenoxy) is 1. The zero-order valence-electron chi connectivity index (χ0n) is 11.0. The van der Waals surface area contributed by atoms with Gasteiger partial charge in [-0.2, -0.15) is 0 Å². The van der Waals surface area contributed by atoms with Gasteiger partial charge < -0.3 is 15.2 Å². The van der Waals surface area contributed by atoms with E-state index in [2.05, 4.69) is 12.2 Å². The summed E-state index contributed by atoms with van der Waals surface area (Å²) in [6.45, 7) is 6.39. The van der Waals surface area contributed by atoms with Gasteiger partial charge in [-0.05, 0) is 43.5 Å². The number of benzene rings is 1. The van der Waals surface area contributed by atoms with Gasteiger partial charge >= 0.3 is 5.97 Å². The fourth-order valence-corrected chi connectivity index (χ4v) is 1.64. The molecule has 0 aliphatic rings. The second-order valence-electron chi connectivity index (χ2n) is 4.23. The average Bonchev–Trinajstić information content (AvgIpc) is 2.35. The van der Waals surface area contributed by atoms with Gasteiger partial charge in [0, 0.05) is 25.4 Å². The van der Waals surface area contributed by atoms with E-state index in [0.29, 0.717) is 5.56 Å². The van der Waals surface area contributed by atoms with Crippen LogP contribution in [0.2, 0.25) is 0 Å². The molecule has 0 aliphatic heterocycles. The summed E-state index contributed by atoms with van der Waals surface area (Å²) in [6, 6.07) is 5.11. The number of rotatable bonds is 8. The number of aryl methyl sites for hydroxylation is 1. The van der Waals surface area contributed by atoms with Crippen molar-refractivity contribution in [2.24, 2.45) is 0 Å². The molecular weight excluding hydrogens is 230 g/mol. The summed E-state index contributed by atoms with van der Waals surface area (Å²) >= 11 is 0. The van der Waals surface area contributed by atoms with Crippen LogP contribution >= 0.6 is 0 Å². The summed E-state index contributed by atoms with van der Waals surface area (Å²) in [6.07, 6.45) is 1.99. The lowest BCUT2D eigenvalue weighted by Crippen LogP contribution is -2.07. The highest BCUT2D eigenvalue weighted by Crippen LogP contribution is 2.16. The predicted molar refractivity (Wildman–Crippen MR) is 72.4 cm³/mol. The number of nitrogens with one attached hydrogen (secondary N) is 1. The topological polar surface area (TPSA) is 58.6 Å². The largest absolute Gasteiger partial charge is 0.478 e. The third-order valence-electron chi connectivity index (χ3n) is 2.60. The molecule has 0 aliphatic carbocycles. The molecule has 0 aromatic heterocycles. The first-order valence-electron chi connectivity index (χ1n) is 6.30. The maximum absolute atomic E-state index is 10.8. The molecule has 0 spiro atoms. The van der Waals surface area contributed by atoms with Crippen molar-refractivity contribution in [2.75, 3.05) is 25.1 Å². The number of hydrogen-bond acceptors (Lipinski definition) is 3. The number of hydrogen-bond donors (Lipinski definition) is 2. The molecular formula is C14H21NO3. The molecule has 0 bridgehead atoms.